The Morgan fingerprint density at radius 3 is 2.38 bits per heavy atom. The number of nitrogens with two attached hydrogens (primary N) is 1. The molecule has 0 saturated heterocycles. The predicted octanol–water partition coefficient (Wildman–Crippen LogP) is 5.41. The van der Waals surface area contributed by atoms with Crippen molar-refractivity contribution in [2.75, 3.05) is 37.1 Å². The Morgan fingerprint density at radius 1 is 1.00 bits per heavy atom. The summed E-state index contributed by atoms with van der Waals surface area (Å²) in [6.45, 7) is 2.72. The number of aliphatic carboxylic acids is 1. The lowest BCUT2D eigenvalue weighted by atomic mass is 10.0. The molecular weight excluding hydrogens is 593 g/mol. The number of nitrogens with one attached hydrogen (secondary N) is 3. The Bertz CT molecular complexity index is 1650. The quantitative estimate of drug-likeness (QED) is 0.165. The largest absolute Gasteiger partial charge is 0.494 e. The van der Waals surface area contributed by atoms with Gasteiger partial charge in [-0.25, -0.2) is 14.6 Å². The van der Waals surface area contributed by atoms with Gasteiger partial charge >= 0.3 is 18.2 Å². The lowest BCUT2D eigenvalue weighted by molar-refractivity contribution is -0.192. The molecule has 0 spiro atoms. The lowest BCUT2D eigenvalue weighted by Crippen LogP contribution is -2.33. The molecule has 0 aliphatic heterocycles. The van der Waals surface area contributed by atoms with Crippen LogP contribution in [0.3, 0.4) is 0 Å². The topological polar surface area (TPSA) is 159 Å². The van der Waals surface area contributed by atoms with Gasteiger partial charge in [0.1, 0.15) is 17.6 Å². The molecule has 11 nitrogen and oxygen atoms in total. The zero-order chi connectivity index (χ0) is 33.1. The van der Waals surface area contributed by atoms with Crippen LogP contribution in [0.4, 0.5) is 35.2 Å². The second-order valence-corrected chi connectivity index (χ2v) is 9.76. The molecule has 4 aromatic rings. The van der Waals surface area contributed by atoms with Crippen LogP contribution in [0, 0.1) is 0 Å². The SMILES string of the molecule is CCOc1cccc(C(Nc2ccc3c(N)nccc3c2)C(=O)NCc2cccc(NC(=O)N(C)C)c2)c1.O=C(O)C(F)(F)F. The number of nitrogens with zero attached hydrogens (tertiary/aromatic N) is 2. The Morgan fingerprint density at radius 2 is 1.71 bits per heavy atom. The summed E-state index contributed by atoms with van der Waals surface area (Å²) < 4.78 is 37.4. The highest BCUT2D eigenvalue weighted by Gasteiger charge is 2.38. The van der Waals surface area contributed by atoms with Crippen molar-refractivity contribution in [1.82, 2.24) is 15.2 Å². The van der Waals surface area contributed by atoms with Crippen molar-refractivity contribution in [3.8, 4) is 5.75 Å². The number of alkyl halides is 3. The number of hydrogen-bond donors (Lipinski definition) is 5. The standard InChI is InChI=1S/C29H32N6O3.C2HF3O2/c1-4-38-24-10-6-8-21(17-24)26(33-23-11-12-25-20(16-23)13-14-31-27(25)30)28(36)32-18-19-7-5-9-22(15-19)34-29(37)35(2)3;3-2(4,5)1(6)7/h5-17,26,33H,4,18H2,1-3H3,(H2,30,31)(H,32,36)(H,34,37);(H,6,7). The molecule has 0 radical (unpaired) electrons. The lowest BCUT2D eigenvalue weighted by Gasteiger charge is -2.21. The van der Waals surface area contributed by atoms with E-state index >= 15 is 0 Å². The van der Waals surface area contributed by atoms with Crippen molar-refractivity contribution in [3.05, 3.63) is 90.1 Å². The summed E-state index contributed by atoms with van der Waals surface area (Å²) in [5.41, 5.74) is 9.03. The third kappa shape index (κ3) is 10.0. The molecule has 1 atom stereocenters. The summed E-state index contributed by atoms with van der Waals surface area (Å²) in [6, 6.07) is 21.5. The summed E-state index contributed by atoms with van der Waals surface area (Å²) in [5.74, 6) is -1.83. The molecule has 1 unspecified atom stereocenters. The fourth-order valence-electron chi connectivity index (χ4n) is 3.99. The molecule has 0 aliphatic carbocycles. The zero-order valence-corrected chi connectivity index (χ0v) is 24.7. The number of benzene rings is 3. The number of amides is 3. The summed E-state index contributed by atoms with van der Waals surface area (Å²) in [4.78, 5) is 40.0. The molecule has 14 heteroatoms. The van der Waals surface area contributed by atoms with Crippen LogP contribution in [0.1, 0.15) is 24.1 Å². The maximum Gasteiger partial charge on any atom is 0.490 e. The van der Waals surface area contributed by atoms with Gasteiger partial charge in [-0.05, 0) is 72.0 Å². The number of nitrogen functional groups attached to an aromatic ring is 1. The van der Waals surface area contributed by atoms with E-state index in [1.54, 1.807) is 26.4 Å². The molecule has 3 amide bonds. The van der Waals surface area contributed by atoms with Crippen molar-refractivity contribution >= 4 is 45.9 Å². The van der Waals surface area contributed by atoms with Crippen LogP contribution in [-0.2, 0) is 16.1 Å². The number of urea groups is 1. The van der Waals surface area contributed by atoms with Crippen LogP contribution in [0.2, 0.25) is 0 Å². The number of halogens is 3. The van der Waals surface area contributed by atoms with Crippen LogP contribution >= 0.6 is 0 Å². The molecule has 0 aliphatic rings. The first-order valence-corrected chi connectivity index (χ1v) is 13.6. The van der Waals surface area contributed by atoms with E-state index in [0.717, 1.165) is 27.6 Å². The van der Waals surface area contributed by atoms with Crippen molar-refractivity contribution < 1.29 is 37.4 Å². The summed E-state index contributed by atoms with van der Waals surface area (Å²) in [6.07, 6.45) is -3.42. The third-order valence-corrected chi connectivity index (χ3v) is 6.16. The average Bonchev–Trinajstić information content (AvgIpc) is 2.99. The van der Waals surface area contributed by atoms with Gasteiger partial charge in [0.2, 0.25) is 5.91 Å². The van der Waals surface area contributed by atoms with E-state index in [2.05, 4.69) is 20.9 Å². The number of carbonyl (C=O) groups excluding carboxylic acids is 2. The highest BCUT2D eigenvalue weighted by atomic mass is 19.4. The zero-order valence-electron chi connectivity index (χ0n) is 24.7. The van der Waals surface area contributed by atoms with Crippen LogP contribution in [0.15, 0.2) is 79.0 Å². The first-order valence-electron chi connectivity index (χ1n) is 13.6. The molecule has 1 heterocycles. The van der Waals surface area contributed by atoms with Gasteiger partial charge in [-0.2, -0.15) is 13.2 Å². The Kier molecular flexibility index (Phi) is 11.5. The summed E-state index contributed by atoms with van der Waals surface area (Å²) >= 11 is 0. The Balaban J connectivity index is 0.000000707. The minimum atomic E-state index is -5.08. The van der Waals surface area contributed by atoms with Crippen molar-refractivity contribution in [2.24, 2.45) is 0 Å². The maximum atomic E-state index is 13.5. The molecule has 238 valence electrons. The molecule has 6 N–H and O–H groups in total. The molecule has 0 saturated carbocycles. The normalized spacial score (nSPS) is 11.4. The number of aromatic nitrogens is 1. The van der Waals surface area contributed by atoms with Gasteiger partial charge in [-0.3, -0.25) is 4.79 Å². The molecular formula is C31H33F3N6O5. The van der Waals surface area contributed by atoms with E-state index < -0.39 is 18.2 Å². The van der Waals surface area contributed by atoms with Crippen molar-refractivity contribution in [3.63, 3.8) is 0 Å². The number of anilines is 3. The third-order valence-electron chi connectivity index (χ3n) is 6.16. The molecule has 4 rings (SSSR count). The molecule has 45 heavy (non-hydrogen) atoms. The van der Waals surface area contributed by atoms with Gasteiger partial charge in [-0.15, -0.1) is 0 Å². The van der Waals surface area contributed by atoms with Crippen LogP contribution in [0.25, 0.3) is 10.8 Å². The summed E-state index contributed by atoms with van der Waals surface area (Å²) in [5, 5.41) is 18.1. The fraction of sp³-hybridized carbons (Fsp3) is 0.226. The van der Waals surface area contributed by atoms with E-state index in [0.29, 0.717) is 23.9 Å². The number of rotatable bonds is 9. The number of hydrogen-bond acceptors (Lipinski definition) is 7. The van der Waals surface area contributed by atoms with E-state index in [4.69, 9.17) is 20.4 Å². The minimum absolute atomic E-state index is 0.212. The molecule has 0 fully saturated rings. The van der Waals surface area contributed by atoms with Gasteiger partial charge in [0.25, 0.3) is 0 Å². The first-order chi connectivity index (χ1) is 21.3. The van der Waals surface area contributed by atoms with Crippen molar-refractivity contribution in [1.29, 1.82) is 0 Å². The van der Waals surface area contributed by atoms with Gasteiger partial charge in [0, 0.05) is 43.6 Å². The number of ether oxygens (including phenoxy) is 1. The maximum absolute atomic E-state index is 13.5. The Hall–Kier alpha value is -5.53. The van der Waals surface area contributed by atoms with Crippen LogP contribution < -0.4 is 26.4 Å². The van der Waals surface area contributed by atoms with E-state index in [9.17, 15) is 22.8 Å². The van der Waals surface area contributed by atoms with Crippen LogP contribution in [0.5, 0.6) is 5.75 Å². The molecule has 3 aromatic carbocycles. The van der Waals surface area contributed by atoms with E-state index in [1.807, 2.05) is 73.7 Å². The van der Waals surface area contributed by atoms with Crippen molar-refractivity contribution in [2.45, 2.75) is 25.7 Å². The first kappa shape index (κ1) is 34.0. The monoisotopic (exact) mass is 626 g/mol. The minimum Gasteiger partial charge on any atom is -0.494 e. The van der Waals surface area contributed by atoms with Crippen LogP contribution in [-0.4, -0.2) is 59.8 Å². The Labute approximate surface area is 257 Å². The molecule has 0 bridgehead atoms. The fourth-order valence-corrected chi connectivity index (χ4v) is 3.99. The molecule has 1 aromatic heterocycles. The van der Waals surface area contributed by atoms with E-state index in [-0.39, 0.29) is 18.5 Å². The number of carbonyl (C=O) groups is 3. The number of fused-ring (bicyclic) bond motifs is 1. The smallest absolute Gasteiger partial charge is 0.490 e. The number of carboxylic acids is 1. The van der Waals surface area contributed by atoms with Gasteiger partial charge in [0.05, 0.1) is 6.61 Å². The highest BCUT2D eigenvalue weighted by molar-refractivity contribution is 5.94. The number of pyridine rings is 1. The second-order valence-electron chi connectivity index (χ2n) is 9.76. The van der Waals surface area contributed by atoms with Gasteiger partial charge in [-0.1, -0.05) is 24.3 Å². The summed E-state index contributed by atoms with van der Waals surface area (Å²) in [7, 11) is 3.35. The predicted molar refractivity (Wildman–Crippen MR) is 165 cm³/mol. The van der Waals surface area contributed by atoms with E-state index in [1.165, 1.54) is 4.90 Å². The van der Waals surface area contributed by atoms with Gasteiger partial charge < -0.3 is 36.4 Å². The average molecular weight is 627 g/mol. The highest BCUT2D eigenvalue weighted by Crippen LogP contribution is 2.27. The number of carboxylic acid groups (broad SMARTS) is 1. The second kappa shape index (κ2) is 15.3. The van der Waals surface area contributed by atoms with Gasteiger partial charge in [0.15, 0.2) is 0 Å².